The van der Waals surface area contributed by atoms with Gasteiger partial charge in [-0.1, -0.05) is 39.8 Å². The molecule has 0 unspecified atom stereocenters. The third-order valence-corrected chi connectivity index (χ3v) is 11.1. The summed E-state index contributed by atoms with van der Waals surface area (Å²) < 4.78 is 6.31. The van der Waals surface area contributed by atoms with E-state index in [9.17, 15) is 15.0 Å². The van der Waals surface area contributed by atoms with Gasteiger partial charge in [-0.15, -0.1) is 0 Å². The summed E-state index contributed by atoms with van der Waals surface area (Å²) in [6.07, 6.45) is 8.64. The SMILES string of the molecule is CCC1=C(C)C2=NC1=CC1=C(C)C3=C(O)CC(=C4NC(=CC5=NC(=C2)C(CC[O+]=c2cccc(C(C)C)cc2)=C5C)[C@@H](C)[C@@H]4CCC(=O)O)C3=N1. The maximum atomic E-state index is 11.8. The molecule has 0 amide bonds. The molecule has 0 spiro atoms. The van der Waals surface area contributed by atoms with E-state index in [1.807, 2.05) is 31.2 Å². The van der Waals surface area contributed by atoms with Crippen LogP contribution in [-0.4, -0.2) is 39.9 Å². The van der Waals surface area contributed by atoms with E-state index in [4.69, 9.17) is 19.4 Å². The number of rotatable bonds is 8. The molecular formula is C43H47N4O4+. The van der Waals surface area contributed by atoms with Gasteiger partial charge in [0.1, 0.15) is 5.76 Å². The van der Waals surface area contributed by atoms with Crippen LogP contribution in [0.5, 0.6) is 0 Å². The molecule has 0 radical (unpaired) electrons. The van der Waals surface area contributed by atoms with E-state index < -0.39 is 5.97 Å². The van der Waals surface area contributed by atoms with Crippen molar-refractivity contribution in [1.29, 1.82) is 0 Å². The topological polar surface area (TPSA) is 118 Å². The van der Waals surface area contributed by atoms with Gasteiger partial charge in [0.05, 0.1) is 40.6 Å². The average molecular weight is 684 g/mol. The Bertz CT molecular complexity index is 2190. The lowest BCUT2D eigenvalue weighted by atomic mass is 9.86. The predicted octanol–water partition coefficient (Wildman–Crippen LogP) is 8.63. The first-order valence-electron chi connectivity index (χ1n) is 18.2. The Morgan fingerprint density at radius 1 is 0.961 bits per heavy atom. The number of carboxylic acids is 1. The van der Waals surface area contributed by atoms with Gasteiger partial charge < -0.3 is 15.5 Å². The van der Waals surface area contributed by atoms with Crippen LogP contribution < -0.4 is 10.7 Å². The second-order valence-electron chi connectivity index (χ2n) is 14.5. The lowest BCUT2D eigenvalue weighted by Crippen LogP contribution is -2.15. The Morgan fingerprint density at radius 3 is 2.41 bits per heavy atom. The van der Waals surface area contributed by atoms with Crippen molar-refractivity contribution >= 4 is 23.1 Å². The minimum atomic E-state index is -0.823. The maximum absolute atomic E-state index is 11.8. The smallest absolute Gasteiger partial charge is 0.343 e. The summed E-state index contributed by atoms with van der Waals surface area (Å²) in [4.78, 5) is 27.3. The highest BCUT2D eigenvalue weighted by Gasteiger charge is 2.41. The third-order valence-electron chi connectivity index (χ3n) is 11.1. The molecule has 1 aliphatic carbocycles. The Kier molecular flexibility index (Phi) is 9.12. The van der Waals surface area contributed by atoms with Crippen molar-refractivity contribution in [3.63, 3.8) is 0 Å². The first kappa shape index (κ1) is 34.3. The molecule has 3 N–H and O–H groups in total. The molecule has 1 saturated heterocycles. The number of aliphatic hydroxyl groups excluding tert-OH is 1. The van der Waals surface area contributed by atoms with E-state index in [0.717, 1.165) is 96.5 Å². The minimum Gasteiger partial charge on any atom is -0.511 e. The summed E-state index contributed by atoms with van der Waals surface area (Å²) in [5.74, 6) is -0.155. The molecule has 51 heavy (non-hydrogen) atoms. The maximum Gasteiger partial charge on any atom is 0.343 e. The van der Waals surface area contributed by atoms with Gasteiger partial charge in [-0.3, -0.25) is 9.22 Å². The number of nitrogens with zero attached hydrogens (tertiary/aromatic N) is 3. The largest absolute Gasteiger partial charge is 0.511 e. The second kappa shape index (κ2) is 13.5. The van der Waals surface area contributed by atoms with Crippen LogP contribution in [0.15, 0.2) is 141 Å². The third kappa shape index (κ3) is 6.26. The van der Waals surface area contributed by atoms with Gasteiger partial charge in [0.2, 0.25) is 0 Å². The summed E-state index contributed by atoms with van der Waals surface area (Å²) in [6, 6.07) is 10.4. The molecule has 0 aromatic heterocycles. The number of hydrogen-bond donors (Lipinski definition) is 3. The number of aliphatic hydroxyl groups is 1. The van der Waals surface area contributed by atoms with Crippen molar-refractivity contribution in [2.45, 2.75) is 86.5 Å². The monoisotopic (exact) mass is 683 g/mol. The molecular weight excluding hydrogens is 636 g/mol. The quantitative estimate of drug-likeness (QED) is 0.238. The van der Waals surface area contributed by atoms with E-state index in [1.165, 1.54) is 5.56 Å². The van der Waals surface area contributed by atoms with Crippen LogP contribution in [0.4, 0.5) is 0 Å². The summed E-state index contributed by atoms with van der Waals surface area (Å²) in [5, 5.41) is 24.7. The fraction of sp³-hybridized carbons (Fsp3) is 0.372. The van der Waals surface area contributed by atoms with E-state index in [0.29, 0.717) is 37.5 Å². The van der Waals surface area contributed by atoms with Gasteiger partial charge in [0.15, 0.2) is 0 Å². The molecule has 1 aromatic rings. The van der Waals surface area contributed by atoms with Crippen molar-refractivity contribution in [3.8, 4) is 0 Å². The number of aliphatic imine (C=N–C) groups is 3. The van der Waals surface area contributed by atoms with E-state index in [-0.39, 0.29) is 18.3 Å². The molecule has 0 saturated carbocycles. The van der Waals surface area contributed by atoms with Crippen LogP contribution in [-0.2, 0) is 4.79 Å². The summed E-state index contributed by atoms with van der Waals surface area (Å²) in [6.45, 7) is 15.4. The van der Waals surface area contributed by atoms with Crippen LogP contribution in [0.2, 0.25) is 0 Å². The molecule has 7 rings (SSSR count). The van der Waals surface area contributed by atoms with Gasteiger partial charge in [-0.05, 0) is 97.3 Å². The zero-order valence-electron chi connectivity index (χ0n) is 30.6. The Hall–Kier alpha value is -5.11. The standard InChI is InChI=1S/C43H46N4O4/c1-8-29-23(4)34-20-38-30(16-17-51-28-11-9-10-27(12-13-28)22(2)3)24(5)33(45-38)19-35-25(6)31(14-15-40(49)50)42(46-35)32-18-39(48)41-26(7)36(47-43(32)41)21-37(29)44-34/h9-13,19-22,25,31H,8,14-18H2,1-7H3,(H2-,44,45,46,47,48,49,50)/p+1/t25-,31-/m0/s1. The zero-order chi connectivity index (χ0) is 36.1. The fourth-order valence-electron chi connectivity index (χ4n) is 8.05. The van der Waals surface area contributed by atoms with Crippen LogP contribution in [0.25, 0.3) is 0 Å². The number of carbonyl (C=O) groups is 1. The van der Waals surface area contributed by atoms with Gasteiger partial charge in [-0.2, -0.15) is 0 Å². The second-order valence-corrected chi connectivity index (χ2v) is 14.5. The molecule has 2 atom stereocenters. The number of nitrogens with one attached hydrogen (secondary N) is 1. The number of aliphatic carboxylic acids is 1. The Balaban J connectivity index is 1.36. The first-order chi connectivity index (χ1) is 24.4. The number of allylic oxidation sites excluding steroid dienone is 12. The lowest BCUT2D eigenvalue weighted by Gasteiger charge is -2.17. The van der Waals surface area contributed by atoms with Crippen LogP contribution in [0.1, 0.15) is 92.1 Å². The normalized spacial score (nSPS) is 22.9. The fourth-order valence-corrected chi connectivity index (χ4v) is 8.05. The summed E-state index contributed by atoms with van der Waals surface area (Å²) in [5.41, 5.74) is 16.2. The molecule has 5 aliphatic heterocycles. The van der Waals surface area contributed by atoms with Crippen molar-refractivity contribution < 1.29 is 15.0 Å². The minimum absolute atomic E-state index is 0.00825. The number of carboxylic acid groups (broad SMARTS) is 1. The van der Waals surface area contributed by atoms with Crippen molar-refractivity contribution in [1.82, 2.24) is 5.32 Å². The highest BCUT2D eigenvalue weighted by atomic mass is 16.4. The molecule has 8 nitrogen and oxygen atoms in total. The molecule has 8 heteroatoms. The molecule has 1 aromatic carbocycles. The van der Waals surface area contributed by atoms with Crippen LogP contribution in [0, 0.1) is 11.8 Å². The molecule has 1 fully saturated rings. The van der Waals surface area contributed by atoms with Gasteiger partial charge in [0.25, 0.3) is 6.61 Å². The molecule has 5 heterocycles. The number of fused-ring (bicyclic) bond motifs is 5. The van der Waals surface area contributed by atoms with Crippen molar-refractivity contribution in [2.75, 3.05) is 6.61 Å². The summed E-state index contributed by atoms with van der Waals surface area (Å²) >= 11 is 0. The van der Waals surface area contributed by atoms with Crippen LogP contribution in [0.3, 0.4) is 0 Å². The van der Waals surface area contributed by atoms with Gasteiger partial charge in [-0.25, -0.2) is 15.0 Å². The first-order valence-corrected chi connectivity index (χ1v) is 18.2. The van der Waals surface area contributed by atoms with Crippen molar-refractivity contribution in [3.05, 3.63) is 137 Å². The zero-order valence-corrected chi connectivity index (χ0v) is 30.6. The highest BCUT2D eigenvalue weighted by Crippen LogP contribution is 2.46. The molecule has 262 valence electrons. The molecule has 6 aliphatic rings. The lowest BCUT2D eigenvalue weighted by molar-refractivity contribution is -0.137. The molecule has 8 bridgehead atoms. The van der Waals surface area contributed by atoms with Gasteiger partial charge >= 0.3 is 11.4 Å². The number of hydrogen-bond acceptors (Lipinski definition) is 6. The predicted molar refractivity (Wildman–Crippen MR) is 205 cm³/mol. The Morgan fingerprint density at radius 2 is 1.69 bits per heavy atom. The van der Waals surface area contributed by atoms with E-state index in [1.54, 1.807) is 0 Å². The van der Waals surface area contributed by atoms with E-state index in [2.05, 4.69) is 71.1 Å². The van der Waals surface area contributed by atoms with Gasteiger partial charge in [0, 0.05) is 59.4 Å². The summed E-state index contributed by atoms with van der Waals surface area (Å²) in [7, 11) is 0. The van der Waals surface area contributed by atoms with Crippen molar-refractivity contribution in [2.24, 2.45) is 26.8 Å². The van der Waals surface area contributed by atoms with Crippen LogP contribution >= 0.6 is 0 Å². The highest BCUT2D eigenvalue weighted by molar-refractivity contribution is 6.21. The Labute approximate surface area is 299 Å². The average Bonchev–Trinajstić information content (AvgIpc) is 3.78. The van der Waals surface area contributed by atoms with E-state index >= 15 is 0 Å².